The lowest BCUT2D eigenvalue weighted by atomic mass is 10.1. The maximum absolute atomic E-state index is 12.1. The van der Waals surface area contributed by atoms with E-state index in [-0.39, 0.29) is 17.9 Å². The van der Waals surface area contributed by atoms with Crippen molar-refractivity contribution in [1.82, 2.24) is 9.80 Å². The molecular formula is C12H19ClN2O. The number of allylic oxidation sites excluding steroid dienone is 1. The molecule has 0 radical (unpaired) electrons. The van der Waals surface area contributed by atoms with Crippen LogP contribution in [0.25, 0.3) is 0 Å². The molecule has 90 valence electrons. The number of halogens is 1. The van der Waals surface area contributed by atoms with Crippen molar-refractivity contribution in [2.45, 2.75) is 33.7 Å². The van der Waals surface area contributed by atoms with Crippen molar-refractivity contribution in [2.75, 3.05) is 7.05 Å². The maximum atomic E-state index is 12.1. The van der Waals surface area contributed by atoms with Crippen molar-refractivity contribution < 1.29 is 4.79 Å². The second kappa shape index (κ2) is 4.50. The van der Waals surface area contributed by atoms with E-state index in [1.165, 1.54) is 0 Å². The number of nitrogens with zero attached hydrogens (tertiary/aromatic N) is 2. The first-order valence-corrected chi connectivity index (χ1v) is 5.82. The van der Waals surface area contributed by atoms with Gasteiger partial charge in [0.2, 0.25) is 0 Å². The van der Waals surface area contributed by atoms with Crippen LogP contribution in [0.4, 0.5) is 0 Å². The number of amides is 1. The summed E-state index contributed by atoms with van der Waals surface area (Å²) in [5, 5.41) is 0.304. The predicted octanol–water partition coefficient (Wildman–Crippen LogP) is 2.75. The Morgan fingerprint density at radius 3 is 2.12 bits per heavy atom. The van der Waals surface area contributed by atoms with Gasteiger partial charge in [0.05, 0.1) is 0 Å². The maximum Gasteiger partial charge on any atom is 0.272 e. The van der Waals surface area contributed by atoms with Gasteiger partial charge >= 0.3 is 0 Å². The highest BCUT2D eigenvalue weighted by Crippen LogP contribution is 2.32. The molecule has 0 N–H and O–H groups in total. The van der Waals surface area contributed by atoms with E-state index >= 15 is 0 Å². The third-order valence-electron chi connectivity index (χ3n) is 2.72. The van der Waals surface area contributed by atoms with Gasteiger partial charge in [-0.2, -0.15) is 0 Å². The first kappa shape index (κ1) is 13.1. The van der Waals surface area contributed by atoms with Crippen molar-refractivity contribution in [1.29, 1.82) is 0 Å². The zero-order valence-corrected chi connectivity index (χ0v) is 11.3. The molecule has 0 unspecified atom stereocenters. The summed E-state index contributed by atoms with van der Waals surface area (Å²) >= 11 is 6.13. The van der Waals surface area contributed by atoms with Gasteiger partial charge in [-0.25, -0.2) is 0 Å². The van der Waals surface area contributed by atoms with Gasteiger partial charge in [-0.3, -0.25) is 9.69 Å². The summed E-state index contributed by atoms with van der Waals surface area (Å²) in [5.74, 6) is 0.740. The molecule has 0 fully saturated rings. The molecule has 0 aliphatic carbocycles. The van der Waals surface area contributed by atoms with Gasteiger partial charge in [0.15, 0.2) is 0 Å². The van der Waals surface area contributed by atoms with E-state index in [1.807, 2.05) is 39.6 Å². The largest absolute Gasteiger partial charge is 0.333 e. The fraction of sp³-hybridized carbons (Fsp3) is 0.583. The standard InChI is InChI=1S/C12H19ClN2O/c1-7(2)11-10(13)12(16)15(8(3)4)9(5)14(11)6/h7-8H,5H2,1-4,6H3. The number of hydrogen-bond donors (Lipinski definition) is 0. The zero-order chi connectivity index (χ0) is 12.6. The van der Waals surface area contributed by atoms with Crippen molar-refractivity contribution >= 4 is 17.5 Å². The molecule has 1 aliphatic rings. The van der Waals surface area contributed by atoms with E-state index < -0.39 is 0 Å². The van der Waals surface area contributed by atoms with Gasteiger partial charge in [-0.05, 0) is 19.8 Å². The molecule has 16 heavy (non-hydrogen) atoms. The molecule has 0 aromatic heterocycles. The van der Waals surface area contributed by atoms with E-state index in [1.54, 1.807) is 4.90 Å². The van der Waals surface area contributed by atoms with Gasteiger partial charge in [0.25, 0.3) is 5.91 Å². The Morgan fingerprint density at radius 1 is 1.25 bits per heavy atom. The summed E-state index contributed by atoms with van der Waals surface area (Å²) in [6, 6.07) is 0.0601. The van der Waals surface area contributed by atoms with Gasteiger partial charge in [-0.1, -0.05) is 32.0 Å². The van der Waals surface area contributed by atoms with Crippen LogP contribution in [0.3, 0.4) is 0 Å². The number of hydrogen-bond acceptors (Lipinski definition) is 2. The number of carbonyl (C=O) groups excluding carboxylic acids is 1. The molecule has 0 aromatic carbocycles. The molecule has 0 spiro atoms. The highest BCUT2D eigenvalue weighted by Gasteiger charge is 2.34. The van der Waals surface area contributed by atoms with Crippen LogP contribution in [0, 0.1) is 5.92 Å². The SMILES string of the molecule is C=C1N(C)C(C(C)C)=C(Cl)C(=O)N1C(C)C. The van der Waals surface area contributed by atoms with Gasteiger partial charge in [0, 0.05) is 18.8 Å². The number of rotatable bonds is 2. The Hall–Kier alpha value is -0.960. The summed E-state index contributed by atoms with van der Waals surface area (Å²) < 4.78 is 0. The van der Waals surface area contributed by atoms with Crippen molar-refractivity contribution in [3.8, 4) is 0 Å². The lowest BCUT2D eigenvalue weighted by Gasteiger charge is -2.41. The first-order chi connectivity index (χ1) is 7.29. The molecule has 0 aromatic rings. The quantitative estimate of drug-likeness (QED) is 0.744. The molecule has 0 atom stereocenters. The molecule has 1 amide bonds. The molecule has 1 aliphatic heterocycles. The minimum Gasteiger partial charge on any atom is -0.333 e. The molecule has 1 heterocycles. The average molecular weight is 243 g/mol. The Labute approximate surface area is 102 Å². The Bertz CT molecular complexity index is 358. The minimum atomic E-state index is -0.150. The highest BCUT2D eigenvalue weighted by molar-refractivity contribution is 6.42. The van der Waals surface area contributed by atoms with Crippen LogP contribution < -0.4 is 0 Å². The normalized spacial score (nSPS) is 18.2. The Kier molecular flexibility index (Phi) is 3.68. The van der Waals surface area contributed by atoms with Crippen LogP contribution in [0.2, 0.25) is 0 Å². The van der Waals surface area contributed by atoms with E-state index in [4.69, 9.17) is 11.6 Å². The van der Waals surface area contributed by atoms with Crippen molar-refractivity contribution in [3.05, 3.63) is 23.1 Å². The average Bonchev–Trinajstić information content (AvgIpc) is 2.14. The summed E-state index contributed by atoms with van der Waals surface area (Å²) in [6.07, 6.45) is 0. The molecule has 0 saturated carbocycles. The molecule has 3 nitrogen and oxygen atoms in total. The van der Waals surface area contributed by atoms with Gasteiger partial charge in [-0.15, -0.1) is 0 Å². The Balaban J connectivity index is 3.26. The summed E-state index contributed by atoms with van der Waals surface area (Å²) in [5.41, 5.74) is 0.841. The summed E-state index contributed by atoms with van der Waals surface area (Å²) in [4.78, 5) is 15.6. The highest BCUT2D eigenvalue weighted by atomic mass is 35.5. The second-order valence-corrected chi connectivity index (χ2v) is 4.98. The molecule has 0 bridgehead atoms. The fourth-order valence-corrected chi connectivity index (χ4v) is 2.39. The van der Waals surface area contributed by atoms with E-state index in [0.29, 0.717) is 10.9 Å². The van der Waals surface area contributed by atoms with E-state index in [0.717, 1.165) is 5.70 Å². The van der Waals surface area contributed by atoms with Crippen LogP contribution in [0.1, 0.15) is 27.7 Å². The van der Waals surface area contributed by atoms with E-state index in [2.05, 4.69) is 6.58 Å². The predicted molar refractivity (Wildman–Crippen MR) is 66.6 cm³/mol. The van der Waals surface area contributed by atoms with Gasteiger partial charge < -0.3 is 4.90 Å². The molecule has 4 heteroatoms. The Morgan fingerprint density at radius 2 is 1.75 bits per heavy atom. The van der Waals surface area contributed by atoms with E-state index in [9.17, 15) is 4.79 Å². The third kappa shape index (κ3) is 1.96. The molecule has 1 rings (SSSR count). The zero-order valence-electron chi connectivity index (χ0n) is 10.5. The van der Waals surface area contributed by atoms with Crippen LogP contribution in [0.5, 0.6) is 0 Å². The first-order valence-electron chi connectivity index (χ1n) is 5.44. The summed E-state index contributed by atoms with van der Waals surface area (Å²) in [6.45, 7) is 11.9. The van der Waals surface area contributed by atoms with Crippen LogP contribution in [-0.4, -0.2) is 28.8 Å². The van der Waals surface area contributed by atoms with Crippen LogP contribution >= 0.6 is 11.6 Å². The second-order valence-electron chi connectivity index (χ2n) is 4.60. The molecule has 0 saturated heterocycles. The van der Waals surface area contributed by atoms with Crippen LogP contribution in [0.15, 0.2) is 23.1 Å². The smallest absolute Gasteiger partial charge is 0.272 e. The van der Waals surface area contributed by atoms with Crippen molar-refractivity contribution in [2.24, 2.45) is 5.92 Å². The lowest BCUT2D eigenvalue weighted by Crippen LogP contribution is -2.46. The minimum absolute atomic E-state index is 0.0601. The summed E-state index contributed by atoms with van der Waals surface area (Å²) in [7, 11) is 1.89. The van der Waals surface area contributed by atoms with Crippen molar-refractivity contribution in [3.63, 3.8) is 0 Å². The number of carbonyl (C=O) groups is 1. The monoisotopic (exact) mass is 242 g/mol. The topological polar surface area (TPSA) is 23.6 Å². The molecular weight excluding hydrogens is 224 g/mol. The third-order valence-corrected chi connectivity index (χ3v) is 3.08. The lowest BCUT2D eigenvalue weighted by molar-refractivity contribution is -0.128. The van der Waals surface area contributed by atoms with Gasteiger partial charge in [0.1, 0.15) is 10.9 Å². The fourth-order valence-electron chi connectivity index (χ4n) is 1.95. The van der Waals surface area contributed by atoms with Crippen LogP contribution in [-0.2, 0) is 4.79 Å².